The van der Waals surface area contributed by atoms with Crippen molar-refractivity contribution in [1.29, 1.82) is 0 Å². The summed E-state index contributed by atoms with van der Waals surface area (Å²) in [6.07, 6.45) is 3.70. The number of unbranched alkanes of at least 4 members (excludes halogenated alkanes) is 1. The van der Waals surface area contributed by atoms with Crippen LogP contribution in [0.3, 0.4) is 0 Å². The van der Waals surface area contributed by atoms with Crippen LogP contribution in [0.4, 0.5) is 4.39 Å². The first kappa shape index (κ1) is 27.5. The predicted octanol–water partition coefficient (Wildman–Crippen LogP) is 5.98. The lowest BCUT2D eigenvalue weighted by Gasteiger charge is -2.23. The first-order valence-corrected chi connectivity index (χ1v) is 14.1. The second-order valence-corrected chi connectivity index (χ2v) is 11.2. The van der Waals surface area contributed by atoms with Crippen molar-refractivity contribution in [3.8, 4) is 17.0 Å². The standard InChI is InChI=1S/C28H27ClFN3O4S/c1-3-5-9-25-32-27(34)26(28(35)33(25)23(4-2)19-7-6-8-21(29)16-19)38(36,37)22-13-10-18(11-14-22)20-12-15-24(30)31-17-20/h6-8,10-17,23,34H,3-5,9H2,1-2H3. The summed E-state index contributed by atoms with van der Waals surface area (Å²) in [6.45, 7) is 3.87. The van der Waals surface area contributed by atoms with E-state index >= 15 is 0 Å². The van der Waals surface area contributed by atoms with Crippen LogP contribution in [0.15, 0.2) is 81.4 Å². The molecule has 0 saturated heterocycles. The van der Waals surface area contributed by atoms with E-state index < -0.39 is 38.2 Å². The van der Waals surface area contributed by atoms with Crippen molar-refractivity contribution in [3.63, 3.8) is 0 Å². The summed E-state index contributed by atoms with van der Waals surface area (Å²) in [5, 5.41) is 11.2. The first-order valence-electron chi connectivity index (χ1n) is 12.2. The van der Waals surface area contributed by atoms with E-state index in [0.717, 1.165) is 12.0 Å². The highest BCUT2D eigenvalue weighted by molar-refractivity contribution is 7.91. The number of nitrogens with zero attached hydrogens (tertiary/aromatic N) is 3. The summed E-state index contributed by atoms with van der Waals surface area (Å²) in [5.41, 5.74) is 1.09. The molecule has 4 aromatic rings. The Balaban J connectivity index is 1.85. The number of rotatable bonds is 9. The van der Waals surface area contributed by atoms with Gasteiger partial charge in [0.15, 0.2) is 4.90 Å². The Morgan fingerprint density at radius 1 is 1.05 bits per heavy atom. The Morgan fingerprint density at radius 3 is 2.37 bits per heavy atom. The number of aromatic hydroxyl groups is 1. The first-order chi connectivity index (χ1) is 18.2. The highest BCUT2D eigenvalue weighted by atomic mass is 35.5. The molecule has 2 heterocycles. The summed E-state index contributed by atoms with van der Waals surface area (Å²) in [4.78, 5) is 20.7. The number of pyridine rings is 1. The Morgan fingerprint density at radius 2 is 1.76 bits per heavy atom. The third kappa shape index (κ3) is 5.49. The van der Waals surface area contributed by atoms with E-state index in [1.54, 1.807) is 18.2 Å². The number of benzene rings is 2. The van der Waals surface area contributed by atoms with Crippen molar-refractivity contribution < 1.29 is 17.9 Å². The number of halogens is 2. The molecule has 0 radical (unpaired) electrons. The Hall–Kier alpha value is -3.56. The van der Waals surface area contributed by atoms with Crippen molar-refractivity contribution in [2.45, 2.75) is 55.4 Å². The van der Waals surface area contributed by atoms with Gasteiger partial charge in [-0.1, -0.05) is 56.1 Å². The van der Waals surface area contributed by atoms with E-state index in [1.807, 2.05) is 19.9 Å². The van der Waals surface area contributed by atoms with E-state index in [1.165, 1.54) is 47.2 Å². The molecule has 2 aromatic heterocycles. The fraction of sp³-hybridized carbons (Fsp3) is 0.250. The molecule has 0 aliphatic rings. The molecular weight excluding hydrogens is 529 g/mol. The number of aryl methyl sites for hydroxylation is 1. The Labute approximate surface area is 225 Å². The molecule has 0 aliphatic carbocycles. The van der Waals surface area contributed by atoms with Crippen molar-refractivity contribution in [1.82, 2.24) is 14.5 Å². The van der Waals surface area contributed by atoms with Crippen LogP contribution in [0.2, 0.25) is 5.02 Å². The summed E-state index contributed by atoms with van der Waals surface area (Å²) in [6, 6.07) is 14.9. The minimum absolute atomic E-state index is 0.186. The molecule has 0 bridgehead atoms. The van der Waals surface area contributed by atoms with Crippen molar-refractivity contribution in [2.75, 3.05) is 0 Å². The van der Waals surface area contributed by atoms with Crippen LogP contribution in [0.25, 0.3) is 11.1 Å². The summed E-state index contributed by atoms with van der Waals surface area (Å²) in [5.74, 6) is -1.15. The van der Waals surface area contributed by atoms with Gasteiger partial charge in [0.1, 0.15) is 5.82 Å². The molecule has 198 valence electrons. The maximum Gasteiger partial charge on any atom is 0.277 e. The van der Waals surface area contributed by atoms with Crippen LogP contribution in [-0.2, 0) is 16.3 Å². The highest BCUT2D eigenvalue weighted by Gasteiger charge is 2.31. The molecule has 7 nitrogen and oxygen atoms in total. The smallest absolute Gasteiger partial charge is 0.277 e. The predicted molar refractivity (Wildman–Crippen MR) is 144 cm³/mol. The molecule has 1 N–H and O–H groups in total. The zero-order valence-electron chi connectivity index (χ0n) is 20.9. The minimum Gasteiger partial charge on any atom is -0.492 e. The van der Waals surface area contributed by atoms with Crippen LogP contribution in [0.5, 0.6) is 5.88 Å². The zero-order valence-corrected chi connectivity index (χ0v) is 22.5. The van der Waals surface area contributed by atoms with Crippen molar-refractivity contribution >= 4 is 21.4 Å². The molecule has 1 unspecified atom stereocenters. The van der Waals surface area contributed by atoms with Crippen LogP contribution in [-0.4, -0.2) is 28.1 Å². The highest BCUT2D eigenvalue weighted by Crippen LogP contribution is 2.30. The summed E-state index contributed by atoms with van der Waals surface area (Å²) < 4.78 is 41.8. The third-order valence-corrected chi connectivity index (χ3v) is 8.33. The topological polar surface area (TPSA) is 102 Å². The maximum absolute atomic E-state index is 13.9. The second kappa shape index (κ2) is 11.4. The Kier molecular flexibility index (Phi) is 8.28. The molecule has 0 fully saturated rings. The van der Waals surface area contributed by atoms with Crippen LogP contribution in [0.1, 0.15) is 50.5 Å². The monoisotopic (exact) mass is 555 g/mol. The summed E-state index contributed by atoms with van der Waals surface area (Å²) >= 11 is 6.21. The molecule has 0 amide bonds. The van der Waals surface area contributed by atoms with Gasteiger partial charge in [-0.05, 0) is 60.4 Å². The normalized spacial score (nSPS) is 12.4. The van der Waals surface area contributed by atoms with Gasteiger partial charge in [0.25, 0.3) is 5.56 Å². The van der Waals surface area contributed by atoms with Gasteiger partial charge in [0, 0.05) is 23.2 Å². The van der Waals surface area contributed by atoms with Crippen LogP contribution >= 0.6 is 11.6 Å². The van der Waals surface area contributed by atoms with Gasteiger partial charge in [-0.3, -0.25) is 9.36 Å². The molecule has 1 atom stereocenters. The van der Waals surface area contributed by atoms with Gasteiger partial charge < -0.3 is 5.11 Å². The van der Waals surface area contributed by atoms with Crippen molar-refractivity contribution in [2.24, 2.45) is 0 Å². The quantitative estimate of drug-likeness (QED) is 0.255. The lowest BCUT2D eigenvalue weighted by Crippen LogP contribution is -2.33. The third-order valence-electron chi connectivity index (χ3n) is 6.31. The number of hydrogen-bond acceptors (Lipinski definition) is 6. The Bertz CT molecular complexity index is 1610. The lowest BCUT2D eigenvalue weighted by molar-refractivity contribution is 0.406. The van der Waals surface area contributed by atoms with Gasteiger partial charge in [0.2, 0.25) is 21.7 Å². The molecule has 0 aliphatic heterocycles. The number of aromatic nitrogens is 3. The van der Waals surface area contributed by atoms with Crippen LogP contribution in [0, 0.1) is 5.95 Å². The van der Waals surface area contributed by atoms with E-state index in [-0.39, 0.29) is 4.90 Å². The van der Waals surface area contributed by atoms with Gasteiger partial charge in [-0.25, -0.2) is 13.4 Å². The molecule has 0 spiro atoms. The van der Waals surface area contributed by atoms with Gasteiger partial charge in [-0.15, -0.1) is 0 Å². The summed E-state index contributed by atoms with van der Waals surface area (Å²) in [7, 11) is -4.45. The van der Waals surface area contributed by atoms with Gasteiger partial charge in [0.05, 0.1) is 10.9 Å². The second-order valence-electron chi connectivity index (χ2n) is 8.84. The zero-order chi connectivity index (χ0) is 27.4. The number of hydrogen-bond donors (Lipinski definition) is 1. The lowest BCUT2D eigenvalue weighted by atomic mass is 10.0. The fourth-order valence-electron chi connectivity index (χ4n) is 4.39. The molecule has 2 aromatic carbocycles. The van der Waals surface area contributed by atoms with E-state index in [9.17, 15) is 22.7 Å². The fourth-order valence-corrected chi connectivity index (χ4v) is 5.93. The van der Waals surface area contributed by atoms with Crippen LogP contribution < -0.4 is 5.56 Å². The molecular formula is C28H27ClFN3O4S. The molecule has 10 heteroatoms. The van der Waals surface area contributed by atoms with E-state index in [2.05, 4.69) is 9.97 Å². The molecule has 4 rings (SSSR count). The van der Waals surface area contributed by atoms with E-state index in [0.29, 0.717) is 41.2 Å². The van der Waals surface area contributed by atoms with Crippen molar-refractivity contribution in [3.05, 3.63) is 99.6 Å². The average Bonchev–Trinajstić information content (AvgIpc) is 2.89. The van der Waals surface area contributed by atoms with Gasteiger partial charge >= 0.3 is 0 Å². The van der Waals surface area contributed by atoms with Gasteiger partial charge in [-0.2, -0.15) is 9.37 Å². The largest absolute Gasteiger partial charge is 0.492 e. The molecule has 0 saturated carbocycles. The maximum atomic E-state index is 13.9. The molecule has 38 heavy (non-hydrogen) atoms. The SMILES string of the molecule is CCCCc1nc(O)c(S(=O)(=O)c2ccc(-c3ccc(F)nc3)cc2)c(=O)n1C(CC)c1cccc(Cl)c1. The number of sulfone groups is 1. The average molecular weight is 556 g/mol. The van der Waals surface area contributed by atoms with E-state index in [4.69, 9.17) is 11.6 Å². The minimum atomic E-state index is -4.45.